The summed E-state index contributed by atoms with van der Waals surface area (Å²) in [4.78, 5) is 18.6. The molecule has 0 aromatic carbocycles. The summed E-state index contributed by atoms with van der Waals surface area (Å²) in [5.41, 5.74) is 1.28. The molecule has 1 aliphatic heterocycles. The first-order valence-corrected chi connectivity index (χ1v) is 6.52. The van der Waals surface area contributed by atoms with Crippen LogP contribution in [-0.2, 0) is 4.74 Å². The molecule has 1 amide bonds. The lowest BCUT2D eigenvalue weighted by Crippen LogP contribution is -2.48. The van der Waals surface area contributed by atoms with Crippen molar-refractivity contribution in [2.75, 3.05) is 13.1 Å². The molecule has 2 aromatic rings. The highest BCUT2D eigenvalue weighted by molar-refractivity contribution is 5.93. The van der Waals surface area contributed by atoms with Crippen molar-refractivity contribution in [3.8, 4) is 0 Å². The Morgan fingerprint density at radius 3 is 2.74 bits per heavy atom. The Kier molecular flexibility index (Phi) is 2.98. The van der Waals surface area contributed by atoms with Crippen molar-refractivity contribution in [1.29, 1.82) is 0 Å². The molecule has 0 bridgehead atoms. The number of carbonyl (C=O) groups excluding carboxylic acids is 1. The quantitative estimate of drug-likeness (QED) is 0.781. The van der Waals surface area contributed by atoms with E-state index in [0.717, 1.165) is 5.65 Å². The molecule has 3 heterocycles. The van der Waals surface area contributed by atoms with E-state index in [2.05, 4.69) is 4.98 Å². The average Bonchev–Trinajstić information content (AvgIpc) is 2.80. The summed E-state index contributed by atoms with van der Waals surface area (Å²) in [5.74, 6) is -0.0225. The number of nitrogens with zero attached hydrogens (tertiary/aromatic N) is 3. The van der Waals surface area contributed by atoms with E-state index in [9.17, 15) is 4.79 Å². The summed E-state index contributed by atoms with van der Waals surface area (Å²) in [5, 5.41) is 0. The number of fused-ring (bicyclic) bond motifs is 1. The summed E-state index contributed by atoms with van der Waals surface area (Å²) in [6, 6.07) is 5.72. The smallest absolute Gasteiger partial charge is 0.274 e. The summed E-state index contributed by atoms with van der Waals surface area (Å²) < 4.78 is 7.50. The largest absolute Gasteiger partial charge is 0.372 e. The fourth-order valence-corrected chi connectivity index (χ4v) is 2.54. The lowest BCUT2D eigenvalue weighted by Gasteiger charge is -2.34. The van der Waals surface area contributed by atoms with Crippen molar-refractivity contribution < 1.29 is 9.53 Å². The topological polar surface area (TPSA) is 46.8 Å². The standard InChI is InChI=1S/C14H17N3O2/c1-10-7-17(8-11(2)19-10)14(18)12-9-16-6-4-3-5-13(16)15-12/h3-6,9-11H,7-8H2,1-2H3/t10-,11-/m0/s1. The average molecular weight is 259 g/mol. The van der Waals surface area contributed by atoms with E-state index in [1.54, 1.807) is 6.20 Å². The van der Waals surface area contributed by atoms with Crippen molar-refractivity contribution in [3.63, 3.8) is 0 Å². The molecule has 2 atom stereocenters. The molecule has 0 N–H and O–H groups in total. The van der Waals surface area contributed by atoms with Crippen molar-refractivity contribution >= 4 is 11.6 Å². The van der Waals surface area contributed by atoms with Gasteiger partial charge in [-0.1, -0.05) is 6.07 Å². The van der Waals surface area contributed by atoms with E-state index in [-0.39, 0.29) is 18.1 Å². The SMILES string of the molecule is C[C@H]1CN(C(=O)c2cn3ccccc3n2)C[C@H](C)O1. The normalized spacial score (nSPS) is 23.8. The van der Waals surface area contributed by atoms with Gasteiger partial charge in [0, 0.05) is 25.5 Å². The molecule has 100 valence electrons. The molecule has 5 heteroatoms. The van der Waals surface area contributed by atoms with Gasteiger partial charge in [-0.25, -0.2) is 4.98 Å². The minimum atomic E-state index is -0.0225. The third-order valence-electron chi connectivity index (χ3n) is 3.29. The third kappa shape index (κ3) is 2.33. The lowest BCUT2D eigenvalue weighted by atomic mass is 10.2. The molecule has 0 radical (unpaired) electrons. The molecule has 3 rings (SSSR count). The predicted molar refractivity (Wildman–Crippen MR) is 71.1 cm³/mol. The Balaban J connectivity index is 1.86. The zero-order valence-corrected chi connectivity index (χ0v) is 11.1. The lowest BCUT2D eigenvalue weighted by molar-refractivity contribution is -0.0587. The van der Waals surface area contributed by atoms with Crippen molar-refractivity contribution in [2.24, 2.45) is 0 Å². The molecule has 19 heavy (non-hydrogen) atoms. The first kappa shape index (κ1) is 12.2. The van der Waals surface area contributed by atoms with E-state index in [1.807, 2.05) is 47.5 Å². The van der Waals surface area contributed by atoms with Gasteiger partial charge in [0.1, 0.15) is 11.3 Å². The molecular weight excluding hydrogens is 242 g/mol. The minimum Gasteiger partial charge on any atom is -0.372 e. The summed E-state index contributed by atoms with van der Waals surface area (Å²) in [6.07, 6.45) is 3.82. The van der Waals surface area contributed by atoms with Gasteiger partial charge in [-0.2, -0.15) is 0 Å². The van der Waals surface area contributed by atoms with Gasteiger partial charge in [0.25, 0.3) is 5.91 Å². The van der Waals surface area contributed by atoms with Crippen LogP contribution in [0.1, 0.15) is 24.3 Å². The maximum Gasteiger partial charge on any atom is 0.274 e. The van der Waals surface area contributed by atoms with E-state index < -0.39 is 0 Å². The van der Waals surface area contributed by atoms with Crippen LogP contribution in [0.5, 0.6) is 0 Å². The number of carbonyl (C=O) groups is 1. The van der Waals surface area contributed by atoms with Gasteiger partial charge < -0.3 is 14.0 Å². The Labute approximate surface area is 111 Å². The Morgan fingerprint density at radius 1 is 1.32 bits per heavy atom. The molecule has 1 fully saturated rings. The molecule has 1 aliphatic rings. The highest BCUT2D eigenvalue weighted by Gasteiger charge is 2.27. The van der Waals surface area contributed by atoms with Crippen LogP contribution in [0.15, 0.2) is 30.6 Å². The van der Waals surface area contributed by atoms with Gasteiger partial charge >= 0.3 is 0 Å². The maximum atomic E-state index is 12.5. The zero-order valence-electron chi connectivity index (χ0n) is 11.1. The van der Waals surface area contributed by atoms with Crippen LogP contribution >= 0.6 is 0 Å². The first-order chi connectivity index (χ1) is 9.13. The van der Waals surface area contributed by atoms with Gasteiger partial charge in [-0.3, -0.25) is 4.79 Å². The number of pyridine rings is 1. The summed E-state index contributed by atoms with van der Waals surface area (Å²) in [6.45, 7) is 5.22. The minimum absolute atomic E-state index is 0.0225. The number of imidazole rings is 1. The number of aromatic nitrogens is 2. The molecule has 0 saturated carbocycles. The first-order valence-electron chi connectivity index (χ1n) is 6.52. The highest BCUT2D eigenvalue weighted by atomic mass is 16.5. The van der Waals surface area contributed by atoms with Gasteiger partial charge in [0.2, 0.25) is 0 Å². The van der Waals surface area contributed by atoms with Crippen LogP contribution in [0.2, 0.25) is 0 Å². The van der Waals surface area contributed by atoms with Crippen LogP contribution < -0.4 is 0 Å². The van der Waals surface area contributed by atoms with Crippen LogP contribution in [0.3, 0.4) is 0 Å². The molecule has 5 nitrogen and oxygen atoms in total. The number of hydrogen-bond donors (Lipinski definition) is 0. The van der Waals surface area contributed by atoms with Gasteiger partial charge in [-0.05, 0) is 26.0 Å². The van der Waals surface area contributed by atoms with Crippen LogP contribution in [-0.4, -0.2) is 45.5 Å². The predicted octanol–water partition coefficient (Wildman–Crippen LogP) is 1.58. The second kappa shape index (κ2) is 4.66. The number of rotatable bonds is 1. The van der Waals surface area contributed by atoms with E-state index in [1.165, 1.54) is 0 Å². The summed E-state index contributed by atoms with van der Waals surface area (Å²) >= 11 is 0. The monoisotopic (exact) mass is 259 g/mol. The number of morpholine rings is 1. The molecule has 0 unspecified atom stereocenters. The van der Waals surface area contributed by atoms with Gasteiger partial charge in [-0.15, -0.1) is 0 Å². The summed E-state index contributed by atoms with van der Waals surface area (Å²) in [7, 11) is 0. The van der Waals surface area contributed by atoms with Gasteiger partial charge in [0.15, 0.2) is 0 Å². The Morgan fingerprint density at radius 2 is 2.05 bits per heavy atom. The van der Waals surface area contributed by atoms with Crippen molar-refractivity contribution in [2.45, 2.75) is 26.1 Å². The second-order valence-corrected chi connectivity index (χ2v) is 5.06. The molecule has 2 aromatic heterocycles. The van der Waals surface area contributed by atoms with Crippen LogP contribution in [0.25, 0.3) is 5.65 Å². The van der Waals surface area contributed by atoms with E-state index >= 15 is 0 Å². The molecular formula is C14H17N3O2. The van der Waals surface area contributed by atoms with E-state index in [4.69, 9.17) is 4.74 Å². The van der Waals surface area contributed by atoms with Crippen molar-refractivity contribution in [1.82, 2.24) is 14.3 Å². The molecule has 0 spiro atoms. The van der Waals surface area contributed by atoms with Crippen molar-refractivity contribution in [3.05, 3.63) is 36.3 Å². The van der Waals surface area contributed by atoms with Crippen LogP contribution in [0.4, 0.5) is 0 Å². The third-order valence-corrected chi connectivity index (χ3v) is 3.29. The Hall–Kier alpha value is -1.88. The number of amides is 1. The number of ether oxygens (including phenoxy) is 1. The molecule has 0 aliphatic carbocycles. The van der Waals surface area contributed by atoms with Crippen LogP contribution in [0, 0.1) is 0 Å². The molecule has 1 saturated heterocycles. The van der Waals surface area contributed by atoms with Gasteiger partial charge in [0.05, 0.1) is 12.2 Å². The fourth-order valence-electron chi connectivity index (χ4n) is 2.54. The zero-order chi connectivity index (χ0) is 13.4. The second-order valence-electron chi connectivity index (χ2n) is 5.06. The highest BCUT2D eigenvalue weighted by Crippen LogP contribution is 2.14. The Bertz CT molecular complexity index is 565. The number of hydrogen-bond acceptors (Lipinski definition) is 3. The fraction of sp³-hybridized carbons (Fsp3) is 0.429. The maximum absolute atomic E-state index is 12.5. The van der Waals surface area contributed by atoms with E-state index in [0.29, 0.717) is 18.8 Å².